The van der Waals surface area contributed by atoms with Gasteiger partial charge < -0.3 is 4.74 Å². The van der Waals surface area contributed by atoms with Gasteiger partial charge >= 0.3 is 5.97 Å². The average Bonchev–Trinajstić information content (AvgIpc) is 2.39. The number of aryl methyl sites for hydroxylation is 1. The second-order valence-electron chi connectivity index (χ2n) is 2.83. The molecule has 0 unspecified atom stereocenters. The molecule has 0 aliphatic carbocycles. The minimum Gasteiger partial charge on any atom is -0.465 e. The first-order valence-electron chi connectivity index (χ1n) is 5.16. The molecule has 0 fully saturated rings. The number of ether oxygens (including phenoxy) is 1. The van der Waals surface area contributed by atoms with Crippen LogP contribution in [0, 0.1) is 18.1 Å². The number of hydrogen-bond acceptors (Lipinski definition) is 3. The van der Waals surface area contributed by atoms with Crippen LogP contribution in [0.25, 0.3) is 0 Å². The van der Waals surface area contributed by atoms with Gasteiger partial charge in [0.25, 0.3) is 0 Å². The second-order valence-corrected chi connectivity index (χ2v) is 4.51. The van der Waals surface area contributed by atoms with E-state index in [1.165, 1.54) is 16.0 Å². The number of carbonyl (C=O) groups excluding carboxylic acids is 1. The molecule has 0 aromatic heterocycles. The second kappa shape index (κ2) is 9.37. The molecule has 0 N–H and O–H groups in total. The molecular weight excluding hydrogens is 347 g/mol. The largest absolute Gasteiger partial charge is 0.465 e. The number of methoxy groups -OCH3 is 1. The van der Waals surface area contributed by atoms with Crippen LogP contribution in [-0.4, -0.2) is 13.1 Å². The third kappa shape index (κ3) is 5.46. The highest BCUT2D eigenvalue weighted by Crippen LogP contribution is 2.13. The van der Waals surface area contributed by atoms with E-state index in [0.717, 1.165) is 11.1 Å². The highest BCUT2D eigenvalue weighted by Gasteiger charge is 2.06. The number of hydrogen-bond donors (Lipinski definition) is 0. The molecule has 0 saturated carbocycles. The number of esters is 1. The molecule has 2 nitrogen and oxygen atoms in total. The fraction of sp³-hybridized carbons (Fsp3) is 0.308. The summed E-state index contributed by atoms with van der Waals surface area (Å²) in [5.74, 6) is 2.65. The third-order valence-electron chi connectivity index (χ3n) is 1.88. The maximum absolute atomic E-state index is 11.3. The summed E-state index contributed by atoms with van der Waals surface area (Å²) in [7, 11) is 2.79. The van der Waals surface area contributed by atoms with Crippen LogP contribution in [-0.2, 0) is 4.74 Å². The highest BCUT2D eigenvalue weighted by molar-refractivity contribution is 14.2. The Morgan fingerprint density at radius 1 is 1.41 bits per heavy atom. The molecule has 92 valence electrons. The predicted molar refractivity (Wildman–Crippen MR) is 82.4 cm³/mol. The van der Waals surface area contributed by atoms with Crippen LogP contribution in [0.1, 0.15) is 35.3 Å². The maximum Gasteiger partial charge on any atom is 0.337 e. The van der Waals surface area contributed by atoms with Crippen LogP contribution in [0.3, 0.4) is 0 Å². The zero-order valence-corrected chi connectivity index (χ0v) is 13.3. The lowest BCUT2D eigenvalue weighted by atomic mass is 10.1. The van der Waals surface area contributed by atoms with E-state index in [2.05, 4.69) is 37.1 Å². The predicted octanol–water partition coefficient (Wildman–Crippen LogP) is 4.20. The molecule has 0 saturated heterocycles. The van der Waals surface area contributed by atoms with E-state index in [4.69, 9.17) is 0 Å². The highest BCUT2D eigenvalue weighted by atomic mass is 127. The Bertz CT molecular complexity index is 433. The summed E-state index contributed by atoms with van der Waals surface area (Å²) >= 11 is 2.11. The summed E-state index contributed by atoms with van der Waals surface area (Å²) in [6.45, 7) is 5.96. The van der Waals surface area contributed by atoms with Gasteiger partial charge in [-0.3, -0.25) is 0 Å². The van der Waals surface area contributed by atoms with Gasteiger partial charge in [0, 0.05) is 26.8 Å². The van der Waals surface area contributed by atoms with Crippen molar-refractivity contribution in [3.8, 4) is 11.2 Å². The summed E-state index contributed by atoms with van der Waals surface area (Å²) in [4.78, 5) is 11.3. The van der Waals surface area contributed by atoms with E-state index >= 15 is 0 Å². The Labute approximate surface area is 119 Å². The Morgan fingerprint density at radius 3 is 2.59 bits per heavy atom. The van der Waals surface area contributed by atoms with E-state index in [1.54, 1.807) is 12.1 Å². The molecule has 1 aromatic rings. The number of rotatable bonds is 1. The first-order chi connectivity index (χ1) is 8.19. The zero-order valence-electron chi connectivity index (χ0n) is 10.3. The van der Waals surface area contributed by atoms with Crippen LogP contribution in [0.15, 0.2) is 18.2 Å². The van der Waals surface area contributed by atoms with Crippen molar-refractivity contribution in [2.75, 3.05) is 7.11 Å². The molecule has 0 bridgehead atoms. The Kier molecular flexibility index (Phi) is 9.00. The van der Waals surface area contributed by atoms with Crippen LogP contribution in [0.2, 0.25) is 0 Å². The number of carbonyl (C=O) groups is 1. The standard InChI is InChI=1S/C11H9IO2S.C2H6/c1-8-3-4-10(11(13)14-2)7-9(8)5-6-15-12;1-2/h3-4,7H,1-2H3;1-2H3. The average molecular weight is 362 g/mol. The van der Waals surface area contributed by atoms with Crippen molar-refractivity contribution in [1.82, 2.24) is 0 Å². The summed E-state index contributed by atoms with van der Waals surface area (Å²) < 4.78 is 4.64. The quantitative estimate of drug-likeness (QED) is 0.426. The maximum atomic E-state index is 11.3. The summed E-state index contributed by atoms with van der Waals surface area (Å²) in [5.41, 5.74) is 2.45. The van der Waals surface area contributed by atoms with Crippen LogP contribution in [0.4, 0.5) is 0 Å². The molecule has 0 aliphatic rings. The molecule has 0 aliphatic heterocycles. The lowest BCUT2D eigenvalue weighted by Gasteiger charge is -2.02. The van der Waals surface area contributed by atoms with Gasteiger partial charge in [-0.05, 0) is 38.8 Å². The lowest BCUT2D eigenvalue weighted by Crippen LogP contribution is -2.01. The van der Waals surface area contributed by atoms with E-state index in [9.17, 15) is 4.79 Å². The molecular formula is C13H15IO2S. The molecule has 17 heavy (non-hydrogen) atoms. The first kappa shape index (κ1) is 16.3. The summed E-state index contributed by atoms with van der Waals surface area (Å²) in [6.07, 6.45) is 0. The van der Waals surface area contributed by atoms with Gasteiger partial charge in [-0.15, -0.1) is 0 Å². The molecule has 0 radical (unpaired) electrons. The molecule has 0 atom stereocenters. The summed E-state index contributed by atoms with van der Waals surface area (Å²) in [6, 6.07) is 5.36. The Hall–Kier alpha value is -0.670. The minimum atomic E-state index is -0.333. The van der Waals surface area contributed by atoms with Crippen molar-refractivity contribution in [3.63, 3.8) is 0 Å². The number of benzene rings is 1. The van der Waals surface area contributed by atoms with Gasteiger partial charge in [0.1, 0.15) is 0 Å². The van der Waals surface area contributed by atoms with Gasteiger partial charge in [-0.2, -0.15) is 0 Å². The van der Waals surface area contributed by atoms with E-state index in [1.807, 2.05) is 26.8 Å². The molecule has 1 rings (SSSR count). The van der Waals surface area contributed by atoms with Crippen molar-refractivity contribution < 1.29 is 9.53 Å². The zero-order chi connectivity index (χ0) is 13.3. The van der Waals surface area contributed by atoms with Crippen LogP contribution in [0.5, 0.6) is 0 Å². The lowest BCUT2D eigenvalue weighted by molar-refractivity contribution is 0.0600. The van der Waals surface area contributed by atoms with Crippen molar-refractivity contribution in [3.05, 3.63) is 34.9 Å². The smallest absolute Gasteiger partial charge is 0.337 e. The number of halogens is 1. The minimum absolute atomic E-state index is 0.333. The van der Waals surface area contributed by atoms with E-state index in [0.29, 0.717) is 5.56 Å². The Morgan fingerprint density at radius 2 is 2.06 bits per heavy atom. The molecule has 0 amide bonds. The van der Waals surface area contributed by atoms with E-state index < -0.39 is 0 Å². The van der Waals surface area contributed by atoms with Crippen LogP contribution >= 0.6 is 30.1 Å². The molecule has 0 heterocycles. The monoisotopic (exact) mass is 362 g/mol. The SMILES string of the molecule is CC.COC(=O)c1ccc(C)c(C#CSI)c1. The van der Waals surface area contributed by atoms with Crippen molar-refractivity contribution in [2.24, 2.45) is 0 Å². The third-order valence-corrected chi connectivity index (χ3v) is 2.72. The topological polar surface area (TPSA) is 26.3 Å². The molecule has 4 heteroatoms. The van der Waals surface area contributed by atoms with Gasteiger partial charge in [0.15, 0.2) is 0 Å². The van der Waals surface area contributed by atoms with Crippen molar-refractivity contribution in [2.45, 2.75) is 20.8 Å². The first-order valence-corrected chi connectivity index (χ1v) is 8.52. The molecule has 1 aromatic carbocycles. The summed E-state index contributed by atoms with van der Waals surface area (Å²) in [5, 5.41) is 2.89. The van der Waals surface area contributed by atoms with Crippen molar-refractivity contribution in [1.29, 1.82) is 0 Å². The van der Waals surface area contributed by atoms with Gasteiger partial charge in [-0.25, -0.2) is 4.79 Å². The van der Waals surface area contributed by atoms with Gasteiger partial charge in [0.05, 0.1) is 12.7 Å². The van der Waals surface area contributed by atoms with Crippen molar-refractivity contribution >= 4 is 36.1 Å². The van der Waals surface area contributed by atoms with Gasteiger partial charge in [-0.1, -0.05) is 25.8 Å². The van der Waals surface area contributed by atoms with E-state index in [-0.39, 0.29) is 5.97 Å². The van der Waals surface area contributed by atoms with Crippen LogP contribution < -0.4 is 0 Å². The molecule has 0 spiro atoms. The normalized spacial score (nSPS) is 8.29. The fourth-order valence-electron chi connectivity index (χ4n) is 1.08. The fourth-order valence-corrected chi connectivity index (χ4v) is 1.55. The van der Waals surface area contributed by atoms with Gasteiger partial charge in [0.2, 0.25) is 0 Å². The Balaban J connectivity index is 0.00000121.